The monoisotopic (exact) mass is 492 g/mol. The fourth-order valence-electron chi connectivity index (χ4n) is 5.99. The lowest BCUT2D eigenvalue weighted by Gasteiger charge is -2.45. The van der Waals surface area contributed by atoms with Crippen LogP contribution in [0.25, 0.3) is 11.3 Å². The van der Waals surface area contributed by atoms with Gasteiger partial charge >= 0.3 is 0 Å². The van der Waals surface area contributed by atoms with Gasteiger partial charge in [0, 0.05) is 37.9 Å². The van der Waals surface area contributed by atoms with E-state index in [2.05, 4.69) is 26.9 Å². The van der Waals surface area contributed by atoms with E-state index in [0.29, 0.717) is 18.8 Å². The van der Waals surface area contributed by atoms with Gasteiger partial charge in [0.15, 0.2) is 0 Å². The molecule has 0 spiro atoms. The van der Waals surface area contributed by atoms with Crippen LogP contribution in [0.4, 0.5) is 0 Å². The molecule has 36 heavy (non-hydrogen) atoms. The molecular formula is C29H40N4O3. The van der Waals surface area contributed by atoms with Gasteiger partial charge in [0.1, 0.15) is 11.2 Å². The van der Waals surface area contributed by atoms with Crippen molar-refractivity contribution >= 4 is 11.8 Å². The maximum absolute atomic E-state index is 14.0. The van der Waals surface area contributed by atoms with Crippen LogP contribution < -0.4 is 5.32 Å². The number of benzene rings is 1. The Morgan fingerprint density at radius 2 is 1.61 bits per heavy atom. The van der Waals surface area contributed by atoms with Gasteiger partial charge in [-0.15, -0.1) is 0 Å². The second kappa shape index (κ2) is 11.2. The molecule has 2 aromatic rings. The summed E-state index contributed by atoms with van der Waals surface area (Å²) in [6, 6.07) is 14.2. The van der Waals surface area contributed by atoms with Crippen LogP contribution in [-0.2, 0) is 16.1 Å². The predicted octanol–water partition coefficient (Wildman–Crippen LogP) is 3.93. The summed E-state index contributed by atoms with van der Waals surface area (Å²) in [5, 5.41) is 3.39. The topological polar surface area (TPSA) is 66.8 Å². The Balaban J connectivity index is 1.43. The van der Waals surface area contributed by atoms with Crippen LogP contribution in [0.15, 0.2) is 42.5 Å². The first-order chi connectivity index (χ1) is 17.6. The zero-order valence-corrected chi connectivity index (χ0v) is 21.6. The van der Waals surface area contributed by atoms with Gasteiger partial charge in [0.25, 0.3) is 5.91 Å². The molecular weight excluding hydrogens is 452 g/mol. The number of hydrogen-bond donors (Lipinski definition) is 1. The maximum Gasteiger partial charge on any atom is 0.271 e. The molecule has 1 aliphatic carbocycles. The van der Waals surface area contributed by atoms with E-state index in [-0.39, 0.29) is 17.9 Å². The van der Waals surface area contributed by atoms with Crippen molar-refractivity contribution in [2.45, 2.75) is 70.0 Å². The summed E-state index contributed by atoms with van der Waals surface area (Å²) in [5.74, 6) is -0.0891. The summed E-state index contributed by atoms with van der Waals surface area (Å²) in [6.45, 7) is 6.84. The van der Waals surface area contributed by atoms with Gasteiger partial charge in [0.2, 0.25) is 5.91 Å². The van der Waals surface area contributed by atoms with E-state index in [1.807, 2.05) is 42.2 Å². The zero-order valence-electron chi connectivity index (χ0n) is 21.6. The van der Waals surface area contributed by atoms with Crippen molar-refractivity contribution in [1.82, 2.24) is 19.7 Å². The number of morpholine rings is 1. The summed E-state index contributed by atoms with van der Waals surface area (Å²) in [7, 11) is 0. The van der Waals surface area contributed by atoms with Crippen LogP contribution in [0, 0.1) is 0 Å². The lowest BCUT2D eigenvalue weighted by molar-refractivity contribution is -0.134. The molecule has 2 fully saturated rings. The lowest BCUT2D eigenvalue weighted by atomic mass is 9.92. The molecule has 0 bridgehead atoms. The Labute approximate surface area is 214 Å². The van der Waals surface area contributed by atoms with Crippen molar-refractivity contribution in [3.63, 3.8) is 0 Å². The number of fused-ring (bicyclic) bond motifs is 1. The molecule has 0 radical (unpaired) electrons. The van der Waals surface area contributed by atoms with Gasteiger partial charge in [-0.3, -0.25) is 14.5 Å². The van der Waals surface area contributed by atoms with Crippen molar-refractivity contribution < 1.29 is 14.3 Å². The van der Waals surface area contributed by atoms with Crippen LogP contribution in [0.1, 0.15) is 62.4 Å². The average molecular weight is 493 g/mol. The third-order valence-electron chi connectivity index (χ3n) is 8.25. The number of aromatic nitrogens is 1. The van der Waals surface area contributed by atoms with Crippen LogP contribution in [0.5, 0.6) is 0 Å². The highest BCUT2D eigenvalue weighted by Gasteiger charge is 2.48. The SMILES string of the molecule is C[C@@]1(C(=O)NC2CCCCCCC2)Cn2c(ccc2-c2ccccc2)C(=O)N1CCN1CCOCC1. The molecule has 2 aliphatic heterocycles. The minimum absolute atomic E-state index is 0.0261. The van der Waals surface area contributed by atoms with Crippen molar-refractivity contribution in [3.05, 3.63) is 48.2 Å². The molecule has 7 nitrogen and oxygen atoms in total. The molecule has 5 rings (SSSR count). The second-order valence-corrected chi connectivity index (χ2v) is 10.8. The van der Waals surface area contributed by atoms with Gasteiger partial charge in [0.05, 0.1) is 19.8 Å². The number of amides is 2. The molecule has 2 amide bonds. The van der Waals surface area contributed by atoms with Crippen molar-refractivity contribution in [2.75, 3.05) is 39.4 Å². The summed E-state index contributed by atoms with van der Waals surface area (Å²) in [5.41, 5.74) is 1.74. The minimum Gasteiger partial charge on any atom is -0.379 e. The Morgan fingerprint density at radius 1 is 0.944 bits per heavy atom. The molecule has 1 aromatic carbocycles. The zero-order chi connectivity index (χ0) is 25.0. The largest absolute Gasteiger partial charge is 0.379 e. The van der Waals surface area contributed by atoms with Gasteiger partial charge in [-0.1, -0.05) is 62.4 Å². The van der Waals surface area contributed by atoms with Gasteiger partial charge in [-0.25, -0.2) is 0 Å². The van der Waals surface area contributed by atoms with Gasteiger partial charge < -0.3 is 19.5 Å². The van der Waals surface area contributed by atoms with E-state index in [0.717, 1.165) is 69.8 Å². The molecule has 3 heterocycles. The van der Waals surface area contributed by atoms with Crippen LogP contribution in [0.2, 0.25) is 0 Å². The lowest BCUT2D eigenvalue weighted by Crippen LogP contribution is -2.66. The predicted molar refractivity (Wildman–Crippen MR) is 141 cm³/mol. The van der Waals surface area contributed by atoms with Gasteiger partial charge in [-0.05, 0) is 37.5 Å². The number of nitrogens with one attached hydrogen (secondary N) is 1. The van der Waals surface area contributed by atoms with E-state index >= 15 is 0 Å². The number of carbonyl (C=O) groups excluding carboxylic acids is 2. The number of carbonyl (C=O) groups is 2. The highest BCUT2D eigenvalue weighted by Crippen LogP contribution is 2.33. The summed E-state index contributed by atoms with van der Waals surface area (Å²) >= 11 is 0. The number of hydrogen-bond acceptors (Lipinski definition) is 4. The standard InChI is InChI=1S/C29H40N4O3/c1-29(28(35)30-24-12-8-3-2-4-9-13-24)22-32-25(23-10-6-5-7-11-23)14-15-26(32)27(34)33(29)17-16-31-18-20-36-21-19-31/h5-7,10-11,14-15,24H,2-4,8-9,12-13,16-22H2,1H3,(H,30,35)/t29-/m0/s1. The number of rotatable bonds is 6. The molecule has 1 saturated heterocycles. The quantitative estimate of drug-likeness (QED) is 0.664. The van der Waals surface area contributed by atoms with Crippen LogP contribution in [-0.4, -0.2) is 77.2 Å². The molecule has 3 aliphatic rings. The minimum atomic E-state index is -0.957. The first-order valence-electron chi connectivity index (χ1n) is 13.7. The Kier molecular flexibility index (Phi) is 7.77. The Hall–Kier alpha value is -2.64. The second-order valence-electron chi connectivity index (χ2n) is 10.8. The first kappa shape index (κ1) is 25.0. The first-order valence-corrected chi connectivity index (χ1v) is 13.7. The fraction of sp³-hybridized carbons (Fsp3) is 0.586. The van der Waals surface area contributed by atoms with Crippen LogP contribution in [0.3, 0.4) is 0 Å². The average Bonchev–Trinajstić information content (AvgIpc) is 3.30. The maximum atomic E-state index is 14.0. The van der Waals surface area contributed by atoms with Crippen LogP contribution >= 0.6 is 0 Å². The third-order valence-corrected chi connectivity index (χ3v) is 8.25. The van der Waals surface area contributed by atoms with E-state index in [4.69, 9.17) is 4.74 Å². The third kappa shape index (κ3) is 5.23. The Morgan fingerprint density at radius 3 is 2.33 bits per heavy atom. The van der Waals surface area contributed by atoms with E-state index in [1.165, 1.54) is 19.3 Å². The van der Waals surface area contributed by atoms with E-state index < -0.39 is 5.54 Å². The highest BCUT2D eigenvalue weighted by atomic mass is 16.5. The molecule has 0 unspecified atom stereocenters. The van der Waals surface area contributed by atoms with Crippen molar-refractivity contribution in [3.8, 4) is 11.3 Å². The fourth-order valence-corrected chi connectivity index (χ4v) is 5.99. The molecule has 1 aromatic heterocycles. The molecule has 194 valence electrons. The number of ether oxygens (including phenoxy) is 1. The summed E-state index contributed by atoms with van der Waals surface area (Å²) in [4.78, 5) is 32.1. The van der Waals surface area contributed by atoms with E-state index in [9.17, 15) is 9.59 Å². The molecule has 1 atom stereocenters. The highest BCUT2D eigenvalue weighted by molar-refractivity contribution is 6.00. The molecule has 1 N–H and O–H groups in total. The normalized spacial score (nSPS) is 24.1. The summed E-state index contributed by atoms with van der Waals surface area (Å²) in [6.07, 6.45) is 8.12. The van der Waals surface area contributed by atoms with Crippen molar-refractivity contribution in [1.29, 1.82) is 0 Å². The van der Waals surface area contributed by atoms with Crippen molar-refractivity contribution in [2.24, 2.45) is 0 Å². The van der Waals surface area contributed by atoms with Gasteiger partial charge in [-0.2, -0.15) is 0 Å². The summed E-state index contributed by atoms with van der Waals surface area (Å²) < 4.78 is 7.55. The Bertz CT molecular complexity index is 1040. The smallest absolute Gasteiger partial charge is 0.271 e. The molecule has 7 heteroatoms. The van der Waals surface area contributed by atoms with E-state index in [1.54, 1.807) is 0 Å². The molecule has 1 saturated carbocycles. The number of nitrogens with zero attached hydrogens (tertiary/aromatic N) is 3.